The van der Waals surface area contributed by atoms with Gasteiger partial charge in [0, 0.05) is 0 Å². The molecule has 0 aliphatic heterocycles. The van der Waals surface area contributed by atoms with Crippen LogP contribution in [0.15, 0.2) is 28.2 Å². The first-order chi connectivity index (χ1) is 8.06. The molecule has 1 aromatic carbocycles. The monoisotopic (exact) mass is 290 g/mol. The minimum atomic E-state index is 0.0782. The molecular weight excluding hydrogens is 280 g/mol. The van der Waals surface area contributed by atoms with E-state index in [2.05, 4.69) is 15.9 Å². The first kappa shape index (κ1) is 13.3. The minimum absolute atomic E-state index is 0.0782. The Hall–Kier alpha value is -1.78. The van der Waals surface area contributed by atoms with E-state index in [1.165, 1.54) is 6.08 Å². The van der Waals surface area contributed by atoms with Crippen LogP contribution in [0, 0.1) is 22.7 Å². The number of nitriles is 2. The molecule has 0 saturated heterocycles. The van der Waals surface area contributed by atoms with Crippen molar-refractivity contribution in [2.45, 2.75) is 20.0 Å². The molecule has 4 heteroatoms. The number of hydrogen-bond acceptors (Lipinski definition) is 3. The van der Waals surface area contributed by atoms with E-state index < -0.39 is 0 Å². The zero-order chi connectivity index (χ0) is 12.8. The van der Waals surface area contributed by atoms with Crippen molar-refractivity contribution in [1.29, 1.82) is 10.5 Å². The van der Waals surface area contributed by atoms with Crippen LogP contribution in [-0.4, -0.2) is 6.10 Å². The summed E-state index contributed by atoms with van der Waals surface area (Å²) in [5.41, 5.74) is 0.862. The van der Waals surface area contributed by atoms with E-state index in [0.717, 1.165) is 15.8 Å². The molecule has 0 bridgehead atoms. The number of hydrogen-bond donors (Lipinski definition) is 0. The van der Waals surface area contributed by atoms with Crippen LogP contribution in [-0.2, 0) is 0 Å². The standard InChI is InChI=1S/C13H11BrN2O/c1-9(2)17-13-4-3-10(6-12(13)14)5-11(7-15)8-16/h3-6,9H,1-2H3. The van der Waals surface area contributed by atoms with Gasteiger partial charge in [0.15, 0.2) is 0 Å². The fraction of sp³-hybridized carbons (Fsp3) is 0.231. The molecule has 3 nitrogen and oxygen atoms in total. The Balaban J connectivity index is 3.02. The number of rotatable bonds is 3. The Bertz CT molecular complexity index is 505. The Kier molecular flexibility index (Phi) is 4.75. The summed E-state index contributed by atoms with van der Waals surface area (Å²) in [5.74, 6) is 0.743. The molecule has 0 saturated carbocycles. The summed E-state index contributed by atoms with van der Waals surface area (Å²) in [5, 5.41) is 17.3. The quantitative estimate of drug-likeness (QED) is 0.798. The maximum Gasteiger partial charge on any atom is 0.133 e. The lowest BCUT2D eigenvalue weighted by atomic mass is 10.1. The fourth-order valence-electron chi connectivity index (χ4n) is 1.21. The topological polar surface area (TPSA) is 56.8 Å². The zero-order valence-corrected chi connectivity index (χ0v) is 11.2. The average molecular weight is 291 g/mol. The number of ether oxygens (including phenoxy) is 1. The molecule has 17 heavy (non-hydrogen) atoms. The Morgan fingerprint density at radius 1 is 1.35 bits per heavy atom. The van der Waals surface area contributed by atoms with Gasteiger partial charge in [-0.15, -0.1) is 0 Å². The Morgan fingerprint density at radius 2 is 2.00 bits per heavy atom. The van der Waals surface area contributed by atoms with Gasteiger partial charge in [0.05, 0.1) is 10.6 Å². The average Bonchev–Trinajstić information content (AvgIpc) is 2.29. The van der Waals surface area contributed by atoms with Gasteiger partial charge in [0.1, 0.15) is 23.5 Å². The minimum Gasteiger partial charge on any atom is -0.490 e. The number of benzene rings is 1. The van der Waals surface area contributed by atoms with E-state index >= 15 is 0 Å². The lowest BCUT2D eigenvalue weighted by molar-refractivity contribution is 0.241. The fourth-order valence-corrected chi connectivity index (χ4v) is 1.70. The summed E-state index contributed by atoms with van der Waals surface area (Å²) in [7, 11) is 0. The van der Waals surface area contributed by atoms with Gasteiger partial charge >= 0.3 is 0 Å². The summed E-state index contributed by atoms with van der Waals surface area (Å²) >= 11 is 3.39. The van der Waals surface area contributed by atoms with E-state index in [0.29, 0.717) is 0 Å². The van der Waals surface area contributed by atoms with Crippen molar-refractivity contribution >= 4 is 22.0 Å². The molecule has 0 unspecified atom stereocenters. The summed E-state index contributed by atoms with van der Waals surface area (Å²) in [6.07, 6.45) is 1.63. The van der Waals surface area contributed by atoms with Crippen molar-refractivity contribution in [3.05, 3.63) is 33.8 Å². The largest absolute Gasteiger partial charge is 0.490 e. The second kappa shape index (κ2) is 6.08. The number of nitrogens with zero attached hydrogens (tertiary/aromatic N) is 2. The molecule has 1 rings (SSSR count). The maximum atomic E-state index is 8.65. The molecule has 0 spiro atoms. The highest BCUT2D eigenvalue weighted by atomic mass is 79.9. The van der Waals surface area contributed by atoms with E-state index in [9.17, 15) is 0 Å². The SMILES string of the molecule is CC(C)Oc1ccc(C=C(C#N)C#N)cc1Br. The van der Waals surface area contributed by atoms with E-state index in [1.807, 2.05) is 38.1 Å². The molecular formula is C13H11BrN2O. The highest BCUT2D eigenvalue weighted by Gasteiger charge is 2.04. The van der Waals surface area contributed by atoms with Gasteiger partial charge < -0.3 is 4.74 Å². The zero-order valence-electron chi connectivity index (χ0n) is 9.57. The maximum absolute atomic E-state index is 8.65. The van der Waals surface area contributed by atoms with Crippen LogP contribution in [0.2, 0.25) is 0 Å². The van der Waals surface area contributed by atoms with Crippen molar-refractivity contribution in [1.82, 2.24) is 0 Å². The van der Waals surface area contributed by atoms with Crippen molar-refractivity contribution in [3.63, 3.8) is 0 Å². The van der Waals surface area contributed by atoms with Crippen LogP contribution in [0.25, 0.3) is 6.08 Å². The summed E-state index contributed by atoms with van der Waals surface area (Å²) in [6, 6.07) is 9.06. The highest BCUT2D eigenvalue weighted by Crippen LogP contribution is 2.27. The predicted molar refractivity (Wildman–Crippen MR) is 69.1 cm³/mol. The van der Waals surface area contributed by atoms with Crippen LogP contribution in [0.4, 0.5) is 0 Å². The lowest BCUT2D eigenvalue weighted by Crippen LogP contribution is -2.05. The lowest BCUT2D eigenvalue weighted by Gasteiger charge is -2.11. The summed E-state index contributed by atoms with van der Waals surface area (Å²) in [4.78, 5) is 0. The third-order valence-corrected chi connectivity index (χ3v) is 2.49. The van der Waals surface area contributed by atoms with Crippen molar-refractivity contribution in [2.24, 2.45) is 0 Å². The molecule has 0 radical (unpaired) electrons. The van der Waals surface area contributed by atoms with Gasteiger partial charge in [-0.2, -0.15) is 10.5 Å². The van der Waals surface area contributed by atoms with Crippen LogP contribution >= 0.6 is 15.9 Å². The van der Waals surface area contributed by atoms with Gasteiger partial charge in [0.2, 0.25) is 0 Å². The first-order valence-corrected chi connectivity index (χ1v) is 5.84. The first-order valence-electron chi connectivity index (χ1n) is 5.05. The van der Waals surface area contributed by atoms with Gasteiger partial charge in [-0.05, 0) is 53.5 Å². The molecule has 0 aliphatic carbocycles. The highest BCUT2D eigenvalue weighted by molar-refractivity contribution is 9.10. The summed E-state index contributed by atoms with van der Waals surface area (Å²) < 4.78 is 6.36. The molecule has 86 valence electrons. The van der Waals surface area contributed by atoms with E-state index in [4.69, 9.17) is 15.3 Å². The third-order valence-electron chi connectivity index (χ3n) is 1.87. The molecule has 0 aromatic heterocycles. The van der Waals surface area contributed by atoms with Crippen molar-refractivity contribution in [2.75, 3.05) is 0 Å². The van der Waals surface area contributed by atoms with Crippen LogP contribution < -0.4 is 4.74 Å². The normalized spacial score (nSPS) is 9.29. The molecule has 0 aliphatic rings. The second-order valence-electron chi connectivity index (χ2n) is 3.64. The smallest absolute Gasteiger partial charge is 0.133 e. The van der Waals surface area contributed by atoms with Crippen molar-refractivity contribution < 1.29 is 4.74 Å². The third kappa shape index (κ3) is 3.94. The van der Waals surface area contributed by atoms with Gasteiger partial charge in [-0.1, -0.05) is 6.07 Å². The molecule has 0 amide bonds. The Morgan fingerprint density at radius 3 is 2.47 bits per heavy atom. The van der Waals surface area contributed by atoms with Gasteiger partial charge in [0.25, 0.3) is 0 Å². The van der Waals surface area contributed by atoms with Gasteiger partial charge in [-0.3, -0.25) is 0 Å². The molecule has 0 fully saturated rings. The molecule has 0 N–H and O–H groups in total. The van der Waals surface area contributed by atoms with Crippen LogP contribution in [0.1, 0.15) is 19.4 Å². The molecule has 0 heterocycles. The van der Waals surface area contributed by atoms with Crippen molar-refractivity contribution in [3.8, 4) is 17.9 Å². The molecule has 0 atom stereocenters. The summed E-state index contributed by atoms with van der Waals surface area (Å²) in [6.45, 7) is 3.90. The van der Waals surface area contributed by atoms with Crippen LogP contribution in [0.5, 0.6) is 5.75 Å². The van der Waals surface area contributed by atoms with E-state index in [1.54, 1.807) is 6.07 Å². The van der Waals surface area contributed by atoms with Crippen LogP contribution in [0.3, 0.4) is 0 Å². The number of halogens is 1. The predicted octanol–water partition coefficient (Wildman–Crippen LogP) is 3.67. The molecule has 1 aromatic rings. The van der Waals surface area contributed by atoms with Gasteiger partial charge in [-0.25, -0.2) is 0 Å². The number of allylic oxidation sites excluding steroid dienone is 1. The van der Waals surface area contributed by atoms with E-state index in [-0.39, 0.29) is 11.7 Å². The second-order valence-corrected chi connectivity index (χ2v) is 4.49. The Labute approximate surface area is 109 Å².